The van der Waals surface area contributed by atoms with E-state index in [2.05, 4.69) is 27.9 Å². The van der Waals surface area contributed by atoms with Gasteiger partial charge in [-0.1, -0.05) is 18.2 Å². The number of aryl methyl sites for hydroxylation is 1. The molecule has 0 bridgehead atoms. The van der Waals surface area contributed by atoms with Crippen molar-refractivity contribution < 1.29 is 13.2 Å². The molecule has 1 N–H and O–H groups in total. The average Bonchev–Trinajstić information content (AvgIpc) is 2.37. The van der Waals surface area contributed by atoms with Gasteiger partial charge in [-0.2, -0.15) is 13.2 Å². The van der Waals surface area contributed by atoms with Gasteiger partial charge in [0.25, 0.3) is 0 Å². The van der Waals surface area contributed by atoms with Gasteiger partial charge in [0.05, 0.1) is 5.56 Å². The summed E-state index contributed by atoms with van der Waals surface area (Å²) in [5, 5.41) is 3.07. The molecule has 2 rings (SSSR count). The summed E-state index contributed by atoms with van der Waals surface area (Å²) < 4.78 is 39.7. The molecule has 20 heavy (non-hydrogen) atoms. The summed E-state index contributed by atoms with van der Waals surface area (Å²) in [4.78, 5) is 0. The van der Waals surface area contributed by atoms with Gasteiger partial charge in [-0.05, 0) is 64.9 Å². The molecule has 5 heteroatoms. The largest absolute Gasteiger partial charge is 0.416 e. The summed E-state index contributed by atoms with van der Waals surface area (Å²) in [6.45, 7) is 2.08. The Morgan fingerprint density at radius 2 is 1.80 bits per heavy atom. The maximum Gasteiger partial charge on any atom is 0.416 e. The second kappa shape index (κ2) is 6.03. The molecule has 2 aromatic carbocycles. The van der Waals surface area contributed by atoms with Gasteiger partial charge in [-0.15, -0.1) is 0 Å². The van der Waals surface area contributed by atoms with E-state index in [1.54, 1.807) is 6.07 Å². The SMILES string of the molecule is Cc1cc(I)ccc1NCc1ccccc1C(F)(F)F. The van der Waals surface area contributed by atoms with Crippen LogP contribution in [0.15, 0.2) is 42.5 Å². The highest BCUT2D eigenvalue weighted by Crippen LogP contribution is 2.32. The van der Waals surface area contributed by atoms with Crippen molar-refractivity contribution in [3.05, 3.63) is 62.7 Å². The van der Waals surface area contributed by atoms with E-state index >= 15 is 0 Å². The molecule has 1 nitrogen and oxygen atoms in total. The third kappa shape index (κ3) is 3.65. The number of hydrogen-bond donors (Lipinski definition) is 1. The van der Waals surface area contributed by atoms with Gasteiger partial charge in [0.2, 0.25) is 0 Å². The smallest absolute Gasteiger partial charge is 0.381 e. The topological polar surface area (TPSA) is 12.0 Å². The highest BCUT2D eigenvalue weighted by Gasteiger charge is 2.32. The molecule has 0 aromatic heterocycles. The van der Waals surface area contributed by atoms with Crippen LogP contribution in [-0.4, -0.2) is 0 Å². The van der Waals surface area contributed by atoms with Gasteiger partial charge in [-0.3, -0.25) is 0 Å². The summed E-state index contributed by atoms with van der Waals surface area (Å²) in [6.07, 6.45) is -4.32. The number of hydrogen-bond acceptors (Lipinski definition) is 1. The van der Waals surface area contributed by atoms with Crippen molar-refractivity contribution in [3.63, 3.8) is 0 Å². The summed E-state index contributed by atoms with van der Waals surface area (Å²) in [5.74, 6) is 0. The van der Waals surface area contributed by atoms with Gasteiger partial charge in [0, 0.05) is 15.8 Å². The summed E-state index contributed by atoms with van der Waals surface area (Å²) in [6, 6.07) is 11.4. The van der Waals surface area contributed by atoms with E-state index in [9.17, 15) is 13.2 Å². The van der Waals surface area contributed by atoms with Crippen molar-refractivity contribution in [3.8, 4) is 0 Å². The second-order valence-corrected chi connectivity index (χ2v) is 5.71. The van der Waals surface area contributed by atoms with Crippen LogP contribution in [0, 0.1) is 10.5 Å². The molecule has 0 saturated heterocycles. The maximum atomic E-state index is 12.9. The molecule has 0 aliphatic heterocycles. The predicted molar refractivity (Wildman–Crippen MR) is 82.7 cm³/mol. The number of anilines is 1. The lowest BCUT2D eigenvalue weighted by atomic mass is 10.1. The molecule has 0 aliphatic carbocycles. The maximum absolute atomic E-state index is 12.9. The second-order valence-electron chi connectivity index (χ2n) is 4.47. The van der Waals surface area contributed by atoms with Gasteiger partial charge in [0.1, 0.15) is 0 Å². The Labute approximate surface area is 129 Å². The van der Waals surface area contributed by atoms with E-state index in [1.165, 1.54) is 12.1 Å². The van der Waals surface area contributed by atoms with Gasteiger partial charge < -0.3 is 5.32 Å². The van der Waals surface area contributed by atoms with Crippen molar-refractivity contribution in [2.45, 2.75) is 19.6 Å². The van der Waals surface area contributed by atoms with Gasteiger partial charge in [-0.25, -0.2) is 0 Å². The summed E-state index contributed by atoms with van der Waals surface area (Å²) in [5.41, 5.74) is 1.53. The molecular weight excluding hydrogens is 378 g/mol. The number of alkyl halides is 3. The monoisotopic (exact) mass is 391 g/mol. The molecular formula is C15H13F3IN. The van der Waals surface area contributed by atoms with Crippen LogP contribution in [0.2, 0.25) is 0 Å². The average molecular weight is 391 g/mol. The fourth-order valence-corrected chi connectivity index (χ4v) is 2.61. The van der Waals surface area contributed by atoms with Crippen molar-refractivity contribution in [1.29, 1.82) is 0 Å². The van der Waals surface area contributed by atoms with Crippen LogP contribution in [0.25, 0.3) is 0 Å². The Morgan fingerprint density at radius 3 is 2.45 bits per heavy atom. The fraction of sp³-hybridized carbons (Fsp3) is 0.200. The number of halogens is 4. The summed E-state index contributed by atoms with van der Waals surface area (Å²) >= 11 is 2.20. The number of nitrogens with one attached hydrogen (secondary N) is 1. The Kier molecular flexibility index (Phi) is 4.57. The Balaban J connectivity index is 2.19. The van der Waals surface area contributed by atoms with Crippen LogP contribution in [0.4, 0.5) is 18.9 Å². The highest BCUT2D eigenvalue weighted by atomic mass is 127. The third-order valence-corrected chi connectivity index (χ3v) is 3.65. The van der Waals surface area contributed by atoms with Gasteiger partial charge >= 0.3 is 6.18 Å². The van der Waals surface area contributed by atoms with Crippen LogP contribution >= 0.6 is 22.6 Å². The Bertz CT molecular complexity index is 608. The first kappa shape index (κ1) is 15.2. The number of rotatable bonds is 3. The van der Waals surface area contributed by atoms with Crippen molar-refractivity contribution in [2.75, 3.05) is 5.32 Å². The third-order valence-electron chi connectivity index (χ3n) is 2.98. The lowest BCUT2D eigenvalue weighted by Gasteiger charge is -2.15. The zero-order valence-corrected chi connectivity index (χ0v) is 12.9. The zero-order chi connectivity index (χ0) is 14.8. The minimum absolute atomic E-state index is 0.150. The highest BCUT2D eigenvalue weighted by molar-refractivity contribution is 14.1. The quantitative estimate of drug-likeness (QED) is 0.707. The summed E-state index contributed by atoms with van der Waals surface area (Å²) in [7, 11) is 0. The number of benzene rings is 2. The fourth-order valence-electron chi connectivity index (χ4n) is 1.97. The van der Waals surface area contributed by atoms with E-state index in [4.69, 9.17) is 0 Å². The molecule has 0 saturated carbocycles. The van der Waals surface area contributed by atoms with E-state index < -0.39 is 11.7 Å². The standard InChI is InChI=1S/C15H13F3IN/c1-10-8-12(19)6-7-14(10)20-9-11-4-2-3-5-13(11)15(16,17)18/h2-8,20H,9H2,1H3. The van der Waals surface area contributed by atoms with E-state index in [-0.39, 0.29) is 12.1 Å². The van der Waals surface area contributed by atoms with Crippen LogP contribution in [0.3, 0.4) is 0 Å². The first-order valence-electron chi connectivity index (χ1n) is 6.03. The van der Waals surface area contributed by atoms with Crippen molar-refractivity contribution >= 4 is 28.3 Å². The molecule has 0 spiro atoms. The molecule has 0 radical (unpaired) electrons. The predicted octanol–water partition coefficient (Wildman–Crippen LogP) is 5.23. The van der Waals surface area contributed by atoms with Crippen molar-refractivity contribution in [2.24, 2.45) is 0 Å². The van der Waals surface area contributed by atoms with Gasteiger partial charge in [0.15, 0.2) is 0 Å². The molecule has 0 atom stereocenters. The molecule has 0 amide bonds. The van der Waals surface area contributed by atoms with Crippen LogP contribution in [-0.2, 0) is 12.7 Å². The van der Waals surface area contributed by atoms with Crippen molar-refractivity contribution in [1.82, 2.24) is 0 Å². The van der Waals surface area contributed by atoms with Crippen LogP contribution < -0.4 is 5.32 Å². The zero-order valence-electron chi connectivity index (χ0n) is 10.8. The molecule has 0 unspecified atom stereocenters. The van der Waals surface area contributed by atoms with E-state index in [1.807, 2.05) is 25.1 Å². The molecule has 0 fully saturated rings. The lowest BCUT2D eigenvalue weighted by Crippen LogP contribution is -2.12. The normalized spacial score (nSPS) is 11.4. The molecule has 0 heterocycles. The Morgan fingerprint density at radius 1 is 1.10 bits per heavy atom. The van der Waals surface area contributed by atoms with Crippen LogP contribution in [0.5, 0.6) is 0 Å². The lowest BCUT2D eigenvalue weighted by molar-refractivity contribution is -0.138. The van der Waals surface area contributed by atoms with Crippen LogP contribution in [0.1, 0.15) is 16.7 Å². The first-order chi connectivity index (χ1) is 9.38. The van der Waals surface area contributed by atoms with E-state index in [0.717, 1.165) is 20.9 Å². The first-order valence-corrected chi connectivity index (χ1v) is 7.11. The van der Waals surface area contributed by atoms with E-state index in [0.29, 0.717) is 0 Å². The molecule has 0 aliphatic rings. The molecule has 2 aromatic rings. The Hall–Kier alpha value is -1.24. The minimum Gasteiger partial charge on any atom is -0.381 e. The minimum atomic E-state index is -4.32. The molecule has 106 valence electrons.